The fraction of sp³-hybridized carbons (Fsp3) is 0.417. The molecule has 0 aromatic heterocycles. The molecule has 0 heterocycles. The van der Waals surface area contributed by atoms with E-state index in [0.29, 0.717) is 36.0 Å². The van der Waals surface area contributed by atoms with Gasteiger partial charge in [0.25, 0.3) is 5.91 Å². The smallest absolute Gasteiger partial charge is 0.250 e. The van der Waals surface area contributed by atoms with E-state index in [2.05, 4.69) is 5.32 Å². The summed E-state index contributed by atoms with van der Waals surface area (Å²) >= 11 is 0. The monoisotopic (exact) mass is 237 g/mol. The van der Waals surface area contributed by atoms with Gasteiger partial charge in [0, 0.05) is 25.0 Å². The maximum atomic E-state index is 11.2. The van der Waals surface area contributed by atoms with Crippen LogP contribution >= 0.6 is 0 Å². The Bertz CT molecular complexity index is 393. The molecule has 1 rings (SSSR count). The molecule has 94 valence electrons. The van der Waals surface area contributed by atoms with Gasteiger partial charge in [-0.2, -0.15) is 0 Å². The van der Waals surface area contributed by atoms with Gasteiger partial charge in [-0.25, -0.2) is 0 Å². The summed E-state index contributed by atoms with van der Waals surface area (Å²) in [6, 6.07) is 4.99. The van der Waals surface area contributed by atoms with Gasteiger partial charge in [0.15, 0.2) is 0 Å². The summed E-state index contributed by atoms with van der Waals surface area (Å²) in [6.07, 6.45) is 0. The number of anilines is 2. The maximum absolute atomic E-state index is 11.2. The second-order valence-corrected chi connectivity index (χ2v) is 4.11. The highest BCUT2D eigenvalue weighted by Gasteiger charge is 2.09. The molecule has 0 aliphatic rings. The summed E-state index contributed by atoms with van der Waals surface area (Å²) in [7, 11) is 1.66. The zero-order valence-corrected chi connectivity index (χ0v) is 10.2. The molecule has 5 N–H and O–H groups in total. The van der Waals surface area contributed by atoms with Crippen LogP contribution in [0.5, 0.6) is 0 Å². The van der Waals surface area contributed by atoms with Gasteiger partial charge in [-0.05, 0) is 24.1 Å². The number of carbonyl (C=O) groups is 1. The standard InChI is InChI=1S/C12H19N3O2/c1-8(7-17-2)6-15-11-5-9(13)3-4-10(11)12(14)16/h3-5,8,15H,6-7,13H2,1-2H3,(H2,14,16). The van der Waals surface area contributed by atoms with Crippen LogP contribution in [0.1, 0.15) is 17.3 Å². The van der Waals surface area contributed by atoms with Gasteiger partial charge in [-0.1, -0.05) is 6.92 Å². The zero-order chi connectivity index (χ0) is 12.8. The molecule has 0 aliphatic carbocycles. The first-order valence-corrected chi connectivity index (χ1v) is 5.46. The molecular formula is C12H19N3O2. The van der Waals surface area contributed by atoms with Gasteiger partial charge < -0.3 is 21.5 Å². The number of primary amides is 1. The molecule has 5 nitrogen and oxygen atoms in total. The molecule has 0 spiro atoms. The molecule has 0 bridgehead atoms. The highest BCUT2D eigenvalue weighted by Crippen LogP contribution is 2.19. The highest BCUT2D eigenvalue weighted by molar-refractivity contribution is 5.99. The van der Waals surface area contributed by atoms with Gasteiger partial charge in [0.1, 0.15) is 0 Å². The average Bonchev–Trinajstić information content (AvgIpc) is 2.26. The fourth-order valence-electron chi connectivity index (χ4n) is 1.55. The minimum Gasteiger partial charge on any atom is -0.399 e. The van der Waals surface area contributed by atoms with Crippen molar-refractivity contribution in [3.63, 3.8) is 0 Å². The maximum Gasteiger partial charge on any atom is 0.250 e. The number of nitrogen functional groups attached to an aromatic ring is 1. The molecule has 0 aliphatic heterocycles. The second kappa shape index (κ2) is 6.10. The predicted octanol–water partition coefficient (Wildman–Crippen LogP) is 1.06. The zero-order valence-electron chi connectivity index (χ0n) is 10.2. The lowest BCUT2D eigenvalue weighted by atomic mass is 10.1. The first-order valence-electron chi connectivity index (χ1n) is 5.46. The summed E-state index contributed by atoms with van der Waals surface area (Å²) in [5.74, 6) is -0.131. The molecule has 0 fully saturated rings. The van der Waals surface area contributed by atoms with Crippen LogP contribution in [0.25, 0.3) is 0 Å². The Balaban J connectivity index is 2.75. The van der Waals surface area contributed by atoms with E-state index >= 15 is 0 Å². The molecule has 0 saturated carbocycles. The number of carbonyl (C=O) groups excluding carboxylic acids is 1. The number of amides is 1. The van der Waals surface area contributed by atoms with E-state index in [0.717, 1.165) is 0 Å². The van der Waals surface area contributed by atoms with Crippen molar-refractivity contribution in [2.75, 3.05) is 31.3 Å². The third-order valence-electron chi connectivity index (χ3n) is 2.40. The van der Waals surface area contributed by atoms with Crippen molar-refractivity contribution in [3.05, 3.63) is 23.8 Å². The summed E-state index contributed by atoms with van der Waals surface area (Å²) in [6.45, 7) is 3.39. The predicted molar refractivity (Wildman–Crippen MR) is 68.9 cm³/mol. The van der Waals surface area contributed by atoms with Gasteiger partial charge in [-0.3, -0.25) is 4.79 Å². The summed E-state index contributed by atoms with van der Waals surface area (Å²) in [5, 5.41) is 3.16. The third kappa shape index (κ3) is 3.96. The molecule has 0 saturated heterocycles. The molecule has 1 unspecified atom stereocenters. The van der Waals surface area contributed by atoms with Gasteiger partial charge in [-0.15, -0.1) is 0 Å². The van der Waals surface area contributed by atoms with Crippen LogP contribution in [-0.4, -0.2) is 26.2 Å². The van der Waals surface area contributed by atoms with Gasteiger partial charge >= 0.3 is 0 Å². The number of ether oxygens (including phenoxy) is 1. The van der Waals surface area contributed by atoms with Crippen LogP contribution < -0.4 is 16.8 Å². The Morgan fingerprint density at radius 2 is 2.24 bits per heavy atom. The van der Waals surface area contributed by atoms with Gasteiger partial charge in [0.05, 0.1) is 12.2 Å². The molecule has 0 radical (unpaired) electrons. The van der Waals surface area contributed by atoms with Crippen molar-refractivity contribution < 1.29 is 9.53 Å². The van der Waals surface area contributed by atoms with Crippen LogP contribution in [0.2, 0.25) is 0 Å². The average molecular weight is 237 g/mol. The molecule has 1 atom stereocenters. The van der Waals surface area contributed by atoms with Crippen LogP contribution in [-0.2, 0) is 4.74 Å². The lowest BCUT2D eigenvalue weighted by molar-refractivity contribution is 0.100. The molecule has 1 aromatic rings. The summed E-state index contributed by atoms with van der Waals surface area (Å²) < 4.78 is 5.04. The number of benzene rings is 1. The van der Waals surface area contributed by atoms with E-state index in [1.165, 1.54) is 0 Å². The number of rotatable bonds is 6. The molecule has 17 heavy (non-hydrogen) atoms. The van der Waals surface area contributed by atoms with Crippen LogP contribution in [0.3, 0.4) is 0 Å². The lowest BCUT2D eigenvalue weighted by Crippen LogP contribution is -2.19. The Morgan fingerprint density at radius 1 is 1.53 bits per heavy atom. The van der Waals surface area contributed by atoms with E-state index < -0.39 is 5.91 Å². The summed E-state index contributed by atoms with van der Waals surface area (Å²) in [5.41, 5.74) is 12.7. The van der Waals surface area contributed by atoms with Crippen LogP contribution in [0.4, 0.5) is 11.4 Å². The van der Waals surface area contributed by atoms with Crippen LogP contribution in [0.15, 0.2) is 18.2 Å². The first-order chi connectivity index (χ1) is 8.04. The van der Waals surface area contributed by atoms with Crippen molar-refractivity contribution in [2.24, 2.45) is 11.7 Å². The van der Waals surface area contributed by atoms with E-state index in [9.17, 15) is 4.79 Å². The Morgan fingerprint density at radius 3 is 2.82 bits per heavy atom. The lowest BCUT2D eigenvalue weighted by Gasteiger charge is -2.15. The van der Waals surface area contributed by atoms with Crippen molar-refractivity contribution in [3.8, 4) is 0 Å². The number of hydrogen-bond donors (Lipinski definition) is 3. The Labute approximate surface area is 101 Å². The summed E-state index contributed by atoms with van der Waals surface area (Å²) in [4.78, 5) is 11.2. The number of hydrogen-bond acceptors (Lipinski definition) is 4. The SMILES string of the molecule is COCC(C)CNc1cc(N)ccc1C(N)=O. The number of nitrogens with one attached hydrogen (secondary N) is 1. The van der Waals surface area contributed by atoms with Crippen molar-refractivity contribution in [1.82, 2.24) is 0 Å². The number of methoxy groups -OCH3 is 1. The van der Waals surface area contributed by atoms with E-state index in [1.807, 2.05) is 6.92 Å². The topological polar surface area (TPSA) is 90.4 Å². The molecular weight excluding hydrogens is 218 g/mol. The Hall–Kier alpha value is -1.75. The van der Waals surface area contributed by atoms with Gasteiger partial charge in [0.2, 0.25) is 0 Å². The fourth-order valence-corrected chi connectivity index (χ4v) is 1.55. The molecule has 1 aromatic carbocycles. The van der Waals surface area contributed by atoms with Crippen molar-refractivity contribution in [1.29, 1.82) is 0 Å². The minimum atomic E-state index is -0.466. The van der Waals surface area contributed by atoms with E-state index in [-0.39, 0.29) is 0 Å². The Kier molecular flexibility index (Phi) is 4.78. The molecule has 1 amide bonds. The first kappa shape index (κ1) is 13.3. The van der Waals surface area contributed by atoms with Crippen molar-refractivity contribution >= 4 is 17.3 Å². The molecule has 5 heteroatoms. The van der Waals surface area contributed by atoms with E-state index in [1.54, 1.807) is 25.3 Å². The minimum absolute atomic E-state index is 0.335. The van der Waals surface area contributed by atoms with E-state index in [4.69, 9.17) is 16.2 Å². The quantitative estimate of drug-likeness (QED) is 0.645. The number of nitrogens with two attached hydrogens (primary N) is 2. The largest absolute Gasteiger partial charge is 0.399 e. The highest BCUT2D eigenvalue weighted by atomic mass is 16.5. The second-order valence-electron chi connectivity index (χ2n) is 4.11. The van der Waals surface area contributed by atoms with Crippen molar-refractivity contribution in [2.45, 2.75) is 6.92 Å². The van der Waals surface area contributed by atoms with Crippen LogP contribution in [0, 0.1) is 5.92 Å². The normalized spacial score (nSPS) is 12.1. The third-order valence-corrected chi connectivity index (χ3v) is 2.40.